The zero-order valence-corrected chi connectivity index (χ0v) is 10.4. The lowest BCUT2D eigenvalue weighted by Gasteiger charge is -2.10. The average molecular weight is 272 g/mol. The van der Waals surface area contributed by atoms with Gasteiger partial charge in [0.1, 0.15) is 18.1 Å². The molecule has 1 heterocycles. The third kappa shape index (κ3) is 3.40. The maximum absolute atomic E-state index is 5.88. The van der Waals surface area contributed by atoms with Crippen molar-refractivity contribution in [2.45, 2.75) is 6.04 Å². The van der Waals surface area contributed by atoms with Crippen LogP contribution < -0.4 is 10.5 Å². The lowest BCUT2D eigenvalue weighted by Crippen LogP contribution is -2.18. The molecule has 0 amide bonds. The first-order valence-corrected chi connectivity index (χ1v) is 5.80. The van der Waals surface area contributed by atoms with Crippen LogP contribution in [0.5, 0.6) is 5.75 Å². The van der Waals surface area contributed by atoms with Gasteiger partial charge in [-0.05, 0) is 48.0 Å². The fourth-order valence-corrected chi connectivity index (χ4v) is 1.60. The monoisotopic (exact) mass is 271 g/mol. The Bertz CT molecular complexity index is 482. The molecule has 17 heavy (non-hydrogen) atoms. The normalized spacial score (nSPS) is 12.4. The molecule has 5 heteroatoms. The van der Waals surface area contributed by atoms with Gasteiger partial charge in [-0.2, -0.15) is 0 Å². The Kier molecular flexibility index (Phi) is 3.94. The molecule has 2 N–H and O–H groups in total. The maximum Gasteiger partial charge on any atom is 0.193 e. The van der Waals surface area contributed by atoms with Gasteiger partial charge in [-0.3, -0.25) is 0 Å². The van der Waals surface area contributed by atoms with Crippen molar-refractivity contribution in [1.82, 2.24) is 0 Å². The van der Waals surface area contributed by atoms with Crippen molar-refractivity contribution in [3.63, 3.8) is 0 Å². The molecule has 0 saturated heterocycles. The van der Waals surface area contributed by atoms with Gasteiger partial charge in [-0.25, -0.2) is 0 Å². The van der Waals surface area contributed by atoms with Crippen LogP contribution in [-0.2, 0) is 0 Å². The summed E-state index contributed by atoms with van der Waals surface area (Å²) < 4.78 is 10.7. The highest BCUT2D eigenvalue weighted by molar-refractivity contribution is 6.30. The lowest BCUT2D eigenvalue weighted by molar-refractivity contribution is 0.273. The van der Waals surface area contributed by atoms with Gasteiger partial charge in [0.2, 0.25) is 0 Å². The second-order valence-electron chi connectivity index (χ2n) is 3.51. The van der Waals surface area contributed by atoms with Crippen LogP contribution in [0, 0.1) is 0 Å². The fourth-order valence-electron chi connectivity index (χ4n) is 1.33. The second-order valence-corrected chi connectivity index (χ2v) is 4.32. The van der Waals surface area contributed by atoms with E-state index in [2.05, 4.69) is 0 Å². The Labute approximate surface area is 109 Å². The third-order valence-corrected chi connectivity index (χ3v) is 2.66. The smallest absolute Gasteiger partial charge is 0.193 e. The van der Waals surface area contributed by atoms with Gasteiger partial charge in [0, 0.05) is 5.02 Å². The van der Waals surface area contributed by atoms with E-state index < -0.39 is 0 Å². The molecule has 1 unspecified atom stereocenters. The largest absolute Gasteiger partial charge is 0.491 e. The molecule has 2 aromatic rings. The second kappa shape index (κ2) is 5.45. The number of rotatable bonds is 4. The van der Waals surface area contributed by atoms with Gasteiger partial charge in [-0.1, -0.05) is 11.6 Å². The summed E-state index contributed by atoms with van der Waals surface area (Å²) in [6.45, 7) is 0.311. The molecule has 3 nitrogen and oxygen atoms in total. The zero-order chi connectivity index (χ0) is 12.3. The zero-order valence-electron chi connectivity index (χ0n) is 8.90. The van der Waals surface area contributed by atoms with Crippen LogP contribution in [0.25, 0.3) is 0 Å². The summed E-state index contributed by atoms with van der Waals surface area (Å²) in [5, 5.41) is 0.987. The summed E-state index contributed by atoms with van der Waals surface area (Å²) in [5.41, 5.74) is 5.88. The van der Waals surface area contributed by atoms with Crippen molar-refractivity contribution < 1.29 is 9.15 Å². The maximum atomic E-state index is 5.88. The first-order chi connectivity index (χ1) is 8.15. The molecule has 1 atom stereocenters. The number of hydrogen-bond donors (Lipinski definition) is 1. The summed E-state index contributed by atoms with van der Waals surface area (Å²) >= 11 is 11.4. The van der Waals surface area contributed by atoms with Crippen LogP contribution in [0.15, 0.2) is 40.8 Å². The number of furan rings is 1. The summed E-state index contributed by atoms with van der Waals surface area (Å²) in [5.74, 6) is 1.31. The number of ether oxygens (including phenoxy) is 1. The number of halogens is 2. The highest BCUT2D eigenvalue weighted by Crippen LogP contribution is 2.20. The van der Waals surface area contributed by atoms with Crippen LogP contribution in [0.2, 0.25) is 10.2 Å². The SMILES string of the molecule is NC(COc1ccc(Cl)cc1)c1ccc(Cl)o1. The molecule has 2 rings (SSSR count). The minimum Gasteiger partial charge on any atom is -0.491 e. The van der Waals surface area contributed by atoms with E-state index in [9.17, 15) is 0 Å². The number of benzene rings is 1. The highest BCUT2D eigenvalue weighted by atomic mass is 35.5. The fraction of sp³-hybridized carbons (Fsp3) is 0.167. The van der Waals surface area contributed by atoms with Gasteiger partial charge in [0.25, 0.3) is 0 Å². The highest BCUT2D eigenvalue weighted by Gasteiger charge is 2.11. The molecule has 0 aliphatic rings. The summed E-state index contributed by atoms with van der Waals surface area (Å²) in [4.78, 5) is 0. The molecule has 1 aromatic carbocycles. The number of hydrogen-bond acceptors (Lipinski definition) is 3. The Hall–Kier alpha value is -1.16. The predicted molar refractivity (Wildman–Crippen MR) is 67.6 cm³/mol. The molecular weight excluding hydrogens is 261 g/mol. The molecular formula is C12H11Cl2NO2. The van der Waals surface area contributed by atoms with E-state index in [1.807, 2.05) is 0 Å². The standard InChI is InChI=1S/C12H11Cl2NO2/c13-8-1-3-9(4-2-8)16-7-10(15)11-5-6-12(14)17-11/h1-6,10H,7,15H2. The number of nitrogens with two attached hydrogens (primary N) is 1. The van der Waals surface area contributed by atoms with Crippen LogP contribution in [0.1, 0.15) is 11.8 Å². The summed E-state index contributed by atoms with van der Waals surface area (Å²) in [6.07, 6.45) is 0. The molecule has 0 bridgehead atoms. The van der Waals surface area contributed by atoms with Gasteiger partial charge >= 0.3 is 0 Å². The van der Waals surface area contributed by atoms with E-state index in [4.69, 9.17) is 38.1 Å². The minimum atomic E-state index is -0.349. The Morgan fingerprint density at radius 1 is 1.12 bits per heavy atom. The molecule has 0 radical (unpaired) electrons. The minimum absolute atomic E-state index is 0.311. The first-order valence-electron chi connectivity index (χ1n) is 5.04. The van der Waals surface area contributed by atoms with Crippen molar-refractivity contribution in [2.75, 3.05) is 6.61 Å². The molecule has 1 aromatic heterocycles. The van der Waals surface area contributed by atoms with Crippen molar-refractivity contribution >= 4 is 23.2 Å². The van der Waals surface area contributed by atoms with Crippen molar-refractivity contribution in [3.8, 4) is 5.75 Å². The van der Waals surface area contributed by atoms with Crippen LogP contribution in [-0.4, -0.2) is 6.61 Å². The average Bonchev–Trinajstić information content (AvgIpc) is 2.75. The van der Waals surface area contributed by atoms with Crippen LogP contribution >= 0.6 is 23.2 Å². The van der Waals surface area contributed by atoms with E-state index in [0.717, 1.165) is 0 Å². The molecule has 0 fully saturated rings. The van der Waals surface area contributed by atoms with E-state index >= 15 is 0 Å². The van der Waals surface area contributed by atoms with Crippen molar-refractivity contribution in [1.29, 1.82) is 0 Å². The first kappa shape index (κ1) is 12.3. The molecule has 0 spiro atoms. The molecule has 0 aliphatic heterocycles. The van der Waals surface area contributed by atoms with Gasteiger partial charge < -0.3 is 14.9 Å². The van der Waals surface area contributed by atoms with Crippen molar-refractivity contribution in [3.05, 3.63) is 52.4 Å². The van der Waals surface area contributed by atoms with E-state index in [1.54, 1.807) is 36.4 Å². The van der Waals surface area contributed by atoms with Crippen molar-refractivity contribution in [2.24, 2.45) is 5.73 Å². The van der Waals surface area contributed by atoms with E-state index in [-0.39, 0.29) is 6.04 Å². The Balaban J connectivity index is 1.92. The topological polar surface area (TPSA) is 48.4 Å². The van der Waals surface area contributed by atoms with Crippen LogP contribution in [0.3, 0.4) is 0 Å². The molecule has 0 saturated carbocycles. The quantitative estimate of drug-likeness (QED) is 0.923. The Morgan fingerprint density at radius 3 is 2.41 bits per heavy atom. The lowest BCUT2D eigenvalue weighted by atomic mass is 10.2. The van der Waals surface area contributed by atoms with Gasteiger partial charge in [0.05, 0.1) is 6.04 Å². The summed E-state index contributed by atoms with van der Waals surface area (Å²) in [7, 11) is 0. The molecule has 0 aliphatic carbocycles. The molecule has 90 valence electrons. The van der Waals surface area contributed by atoms with E-state index in [0.29, 0.717) is 28.4 Å². The third-order valence-electron chi connectivity index (χ3n) is 2.20. The van der Waals surface area contributed by atoms with Gasteiger partial charge in [0.15, 0.2) is 5.22 Å². The van der Waals surface area contributed by atoms with E-state index in [1.165, 1.54) is 0 Å². The summed E-state index contributed by atoms with van der Waals surface area (Å²) in [6, 6.07) is 10.1. The van der Waals surface area contributed by atoms with Crippen LogP contribution in [0.4, 0.5) is 0 Å². The predicted octanol–water partition coefficient (Wildman–Crippen LogP) is 3.67. The Morgan fingerprint density at radius 2 is 1.82 bits per heavy atom. The van der Waals surface area contributed by atoms with Gasteiger partial charge in [-0.15, -0.1) is 0 Å².